The number of ether oxygens (including phenoxy) is 1. The summed E-state index contributed by atoms with van der Waals surface area (Å²) in [6.07, 6.45) is 2.81. The molecule has 146 valence electrons. The van der Waals surface area contributed by atoms with Crippen molar-refractivity contribution in [2.75, 3.05) is 0 Å². The van der Waals surface area contributed by atoms with E-state index in [0.717, 1.165) is 47.1 Å². The van der Waals surface area contributed by atoms with E-state index in [2.05, 4.69) is 40.7 Å². The van der Waals surface area contributed by atoms with Crippen molar-refractivity contribution in [3.05, 3.63) is 72.6 Å². The van der Waals surface area contributed by atoms with E-state index in [1.54, 1.807) is 0 Å². The van der Waals surface area contributed by atoms with Crippen LogP contribution in [-0.2, 0) is 19.4 Å². The first kappa shape index (κ1) is 18.8. The summed E-state index contributed by atoms with van der Waals surface area (Å²) in [5, 5.41) is 1.06. The molecule has 28 heavy (non-hydrogen) atoms. The van der Waals surface area contributed by atoms with Crippen LogP contribution in [0.2, 0.25) is 0 Å². The molecule has 0 bridgehead atoms. The topological polar surface area (TPSA) is 39.4 Å². The summed E-state index contributed by atoms with van der Waals surface area (Å²) in [4.78, 5) is 12.4. The van der Waals surface area contributed by atoms with Crippen LogP contribution in [0.1, 0.15) is 56.5 Å². The minimum absolute atomic E-state index is 0.184. The third kappa shape index (κ3) is 2.76. The molecule has 0 radical (unpaired) electrons. The Hall–Kier alpha value is -2.55. The fraction of sp³-hybridized carbons (Fsp3) is 0.400. The van der Waals surface area contributed by atoms with Crippen LogP contribution in [-0.4, -0.2) is 0 Å². The predicted octanol–water partition coefficient (Wildman–Crippen LogP) is 5.71. The second kappa shape index (κ2) is 6.80. The van der Waals surface area contributed by atoms with Crippen molar-refractivity contribution in [2.45, 2.75) is 67.4 Å². The fourth-order valence-electron chi connectivity index (χ4n) is 4.56. The molecule has 1 heterocycles. The molecule has 0 aliphatic heterocycles. The molecule has 0 unspecified atom stereocenters. The SMILES string of the molecule is Cc1c(C)c(C)c(COc2ccc3c4c(c(=O)oc3c2C)CCC4)c(C)c1C. The highest BCUT2D eigenvalue weighted by molar-refractivity contribution is 5.86. The quantitative estimate of drug-likeness (QED) is 0.550. The lowest BCUT2D eigenvalue weighted by atomic mass is 9.90. The van der Waals surface area contributed by atoms with Gasteiger partial charge in [-0.2, -0.15) is 0 Å². The summed E-state index contributed by atoms with van der Waals surface area (Å²) in [5.74, 6) is 0.781. The van der Waals surface area contributed by atoms with Crippen LogP contribution in [0.3, 0.4) is 0 Å². The summed E-state index contributed by atoms with van der Waals surface area (Å²) >= 11 is 0. The molecule has 0 amide bonds. The summed E-state index contributed by atoms with van der Waals surface area (Å²) in [6.45, 7) is 13.4. The maximum Gasteiger partial charge on any atom is 0.339 e. The van der Waals surface area contributed by atoms with Gasteiger partial charge in [-0.05, 0) is 112 Å². The Bertz CT molecular complexity index is 1140. The van der Waals surface area contributed by atoms with Gasteiger partial charge in [-0.3, -0.25) is 0 Å². The number of hydrogen-bond donors (Lipinski definition) is 0. The number of rotatable bonds is 3. The van der Waals surface area contributed by atoms with Gasteiger partial charge < -0.3 is 9.15 Å². The molecule has 0 saturated carbocycles. The van der Waals surface area contributed by atoms with E-state index in [0.29, 0.717) is 12.2 Å². The highest BCUT2D eigenvalue weighted by Gasteiger charge is 2.21. The van der Waals surface area contributed by atoms with Crippen LogP contribution in [0.25, 0.3) is 11.0 Å². The molecule has 0 N–H and O–H groups in total. The van der Waals surface area contributed by atoms with E-state index in [1.807, 2.05) is 13.0 Å². The van der Waals surface area contributed by atoms with Gasteiger partial charge >= 0.3 is 5.63 Å². The van der Waals surface area contributed by atoms with E-state index in [-0.39, 0.29) is 5.63 Å². The maximum absolute atomic E-state index is 12.4. The molecule has 3 aromatic rings. The predicted molar refractivity (Wildman–Crippen MR) is 114 cm³/mol. The molecule has 3 heteroatoms. The van der Waals surface area contributed by atoms with Crippen LogP contribution >= 0.6 is 0 Å². The fourth-order valence-corrected chi connectivity index (χ4v) is 4.56. The van der Waals surface area contributed by atoms with Gasteiger partial charge in [-0.15, -0.1) is 0 Å². The van der Waals surface area contributed by atoms with Crippen molar-refractivity contribution < 1.29 is 9.15 Å². The van der Waals surface area contributed by atoms with E-state index in [4.69, 9.17) is 9.15 Å². The Balaban J connectivity index is 1.74. The molecular formula is C25H28O3. The molecule has 1 aliphatic carbocycles. The normalized spacial score (nSPS) is 13.2. The first-order chi connectivity index (χ1) is 13.3. The van der Waals surface area contributed by atoms with E-state index in [1.165, 1.54) is 33.4 Å². The Kier molecular flexibility index (Phi) is 4.57. The molecule has 2 aromatic carbocycles. The summed E-state index contributed by atoms with van der Waals surface area (Å²) < 4.78 is 11.9. The van der Waals surface area contributed by atoms with Crippen LogP contribution in [0.5, 0.6) is 5.75 Å². The lowest BCUT2D eigenvalue weighted by Gasteiger charge is -2.20. The van der Waals surface area contributed by atoms with Gasteiger partial charge in [0.15, 0.2) is 0 Å². The van der Waals surface area contributed by atoms with Gasteiger partial charge in [-0.1, -0.05) is 0 Å². The Morgan fingerprint density at radius 1 is 0.821 bits per heavy atom. The van der Waals surface area contributed by atoms with Crippen molar-refractivity contribution in [3.8, 4) is 5.75 Å². The van der Waals surface area contributed by atoms with Gasteiger partial charge in [-0.25, -0.2) is 4.79 Å². The van der Waals surface area contributed by atoms with Crippen molar-refractivity contribution in [3.63, 3.8) is 0 Å². The van der Waals surface area contributed by atoms with Crippen molar-refractivity contribution in [1.29, 1.82) is 0 Å². The Labute approximate surface area is 166 Å². The van der Waals surface area contributed by atoms with Gasteiger partial charge in [0.25, 0.3) is 0 Å². The lowest BCUT2D eigenvalue weighted by Crippen LogP contribution is -2.09. The lowest BCUT2D eigenvalue weighted by molar-refractivity contribution is 0.302. The second-order valence-corrected chi connectivity index (χ2v) is 8.16. The van der Waals surface area contributed by atoms with E-state index >= 15 is 0 Å². The largest absolute Gasteiger partial charge is 0.488 e. The monoisotopic (exact) mass is 376 g/mol. The zero-order chi connectivity index (χ0) is 20.2. The molecular weight excluding hydrogens is 348 g/mol. The van der Waals surface area contributed by atoms with Crippen LogP contribution in [0, 0.1) is 41.5 Å². The minimum atomic E-state index is -0.184. The second-order valence-electron chi connectivity index (χ2n) is 8.16. The summed E-state index contributed by atoms with van der Waals surface area (Å²) in [5.41, 5.74) is 11.3. The third-order valence-corrected chi connectivity index (χ3v) is 6.87. The molecule has 1 aromatic heterocycles. The number of hydrogen-bond acceptors (Lipinski definition) is 3. The highest BCUT2D eigenvalue weighted by Crippen LogP contribution is 2.34. The smallest absolute Gasteiger partial charge is 0.339 e. The standard InChI is InChI=1S/C25H28O3/c1-13-14(2)16(4)22(17(5)15(13)3)12-27-23-11-10-20-19-8-7-9-21(19)25(26)28-24(20)18(23)6/h10-11H,7-9,12H2,1-6H3. The minimum Gasteiger partial charge on any atom is -0.488 e. The number of fused-ring (bicyclic) bond motifs is 3. The highest BCUT2D eigenvalue weighted by atomic mass is 16.5. The van der Waals surface area contributed by atoms with E-state index < -0.39 is 0 Å². The molecule has 0 atom stereocenters. The number of aryl methyl sites for hydroxylation is 2. The summed E-state index contributed by atoms with van der Waals surface area (Å²) in [7, 11) is 0. The van der Waals surface area contributed by atoms with Crippen LogP contribution in [0.4, 0.5) is 0 Å². The first-order valence-corrected chi connectivity index (χ1v) is 10.1. The van der Waals surface area contributed by atoms with E-state index in [9.17, 15) is 4.79 Å². The molecule has 1 aliphatic rings. The zero-order valence-corrected chi connectivity index (χ0v) is 17.7. The molecule has 0 saturated heterocycles. The van der Waals surface area contributed by atoms with Crippen LogP contribution < -0.4 is 10.4 Å². The average molecular weight is 376 g/mol. The third-order valence-electron chi connectivity index (χ3n) is 6.87. The van der Waals surface area contributed by atoms with Gasteiger partial charge in [0.2, 0.25) is 0 Å². The van der Waals surface area contributed by atoms with Gasteiger partial charge in [0.05, 0.1) is 0 Å². The van der Waals surface area contributed by atoms with Crippen molar-refractivity contribution in [2.24, 2.45) is 0 Å². The molecule has 3 nitrogen and oxygen atoms in total. The Morgan fingerprint density at radius 3 is 2.11 bits per heavy atom. The molecule has 0 fully saturated rings. The Morgan fingerprint density at radius 2 is 1.43 bits per heavy atom. The zero-order valence-electron chi connectivity index (χ0n) is 17.7. The number of benzene rings is 2. The summed E-state index contributed by atoms with van der Waals surface area (Å²) in [6, 6.07) is 4.07. The van der Waals surface area contributed by atoms with Gasteiger partial charge in [0, 0.05) is 16.5 Å². The van der Waals surface area contributed by atoms with Crippen molar-refractivity contribution >= 4 is 11.0 Å². The average Bonchev–Trinajstić information content (AvgIpc) is 3.18. The maximum atomic E-state index is 12.4. The van der Waals surface area contributed by atoms with Gasteiger partial charge in [0.1, 0.15) is 17.9 Å². The van der Waals surface area contributed by atoms with Crippen molar-refractivity contribution in [1.82, 2.24) is 0 Å². The molecule has 4 rings (SSSR count). The molecule has 0 spiro atoms. The van der Waals surface area contributed by atoms with Crippen LogP contribution in [0.15, 0.2) is 21.3 Å². The first-order valence-electron chi connectivity index (χ1n) is 10.1.